The van der Waals surface area contributed by atoms with Gasteiger partial charge in [-0.25, -0.2) is 9.48 Å². The largest absolute Gasteiger partial charge is 0.454 e. The second-order valence-corrected chi connectivity index (χ2v) is 7.73. The molecule has 0 bridgehead atoms. The molecule has 0 radical (unpaired) electrons. The number of hydrogen-bond acceptors (Lipinski definition) is 5. The first-order chi connectivity index (χ1) is 15.3. The molecule has 32 heavy (non-hydrogen) atoms. The van der Waals surface area contributed by atoms with E-state index >= 15 is 0 Å². The summed E-state index contributed by atoms with van der Waals surface area (Å²) in [4.78, 5) is 36.4. The summed E-state index contributed by atoms with van der Waals surface area (Å²) in [6.07, 6.45) is 0.361. The van der Waals surface area contributed by atoms with E-state index in [1.54, 1.807) is 38.1 Å². The fourth-order valence-electron chi connectivity index (χ4n) is 3.03. The van der Waals surface area contributed by atoms with Gasteiger partial charge in [0.2, 0.25) is 5.91 Å². The number of benzene rings is 2. The van der Waals surface area contributed by atoms with Gasteiger partial charge in [-0.1, -0.05) is 48.4 Å². The molecule has 3 aromatic rings. The highest BCUT2D eigenvalue weighted by Crippen LogP contribution is 2.22. The Hall–Kier alpha value is -3.45. The third-order valence-corrected chi connectivity index (χ3v) is 5.25. The molecule has 0 saturated carbocycles. The lowest BCUT2D eigenvalue weighted by atomic mass is 10.1. The second kappa shape index (κ2) is 10.2. The van der Waals surface area contributed by atoms with Crippen LogP contribution >= 0.6 is 11.6 Å². The molecule has 3 rings (SSSR count). The zero-order valence-corrected chi connectivity index (χ0v) is 18.9. The fraction of sp³-hybridized carbons (Fsp3) is 0.250. The van der Waals surface area contributed by atoms with Crippen molar-refractivity contribution < 1.29 is 19.1 Å². The highest BCUT2D eigenvalue weighted by atomic mass is 35.5. The highest BCUT2D eigenvalue weighted by Gasteiger charge is 2.23. The number of esters is 1. The normalized spacial score (nSPS) is 10.6. The molecule has 0 fully saturated rings. The molecule has 1 aromatic heterocycles. The molecule has 0 aliphatic heterocycles. The summed E-state index contributed by atoms with van der Waals surface area (Å²) < 4.78 is 6.73. The average Bonchev–Trinajstić information content (AvgIpc) is 3.06. The van der Waals surface area contributed by atoms with Gasteiger partial charge in [-0.05, 0) is 43.7 Å². The Labute approximate surface area is 191 Å². The Morgan fingerprint density at radius 2 is 1.69 bits per heavy atom. The number of carbonyl (C=O) groups is 3. The third kappa shape index (κ3) is 5.62. The van der Waals surface area contributed by atoms with E-state index in [2.05, 4.69) is 10.4 Å². The molecule has 8 heteroatoms. The SMILES string of the molecule is CCC(=O)Nc1ccc(C(=O)COC(=O)c2c(C)nn(Cc3ccc(C)cc3)c2Cl)cc1. The van der Waals surface area contributed by atoms with Gasteiger partial charge < -0.3 is 10.1 Å². The zero-order chi connectivity index (χ0) is 23.3. The first kappa shape index (κ1) is 23.2. The van der Waals surface area contributed by atoms with Gasteiger partial charge in [0.15, 0.2) is 12.4 Å². The summed E-state index contributed by atoms with van der Waals surface area (Å²) in [5, 5.41) is 7.21. The van der Waals surface area contributed by atoms with Crippen molar-refractivity contribution in [3.05, 3.63) is 81.6 Å². The summed E-state index contributed by atoms with van der Waals surface area (Å²) in [7, 11) is 0. The molecule has 166 valence electrons. The molecule has 0 saturated heterocycles. The minimum atomic E-state index is -0.706. The second-order valence-electron chi connectivity index (χ2n) is 7.37. The van der Waals surface area contributed by atoms with Crippen LogP contribution in [-0.4, -0.2) is 34.0 Å². The molecular formula is C24H24ClN3O4. The number of Topliss-reactive ketones (excluding diaryl/α,β-unsaturated/α-hetero) is 1. The predicted octanol–water partition coefficient (Wildman–Crippen LogP) is 4.59. The van der Waals surface area contributed by atoms with Crippen LogP contribution in [0.4, 0.5) is 5.69 Å². The van der Waals surface area contributed by atoms with E-state index in [1.165, 1.54) is 4.68 Å². The van der Waals surface area contributed by atoms with Crippen LogP contribution in [0.2, 0.25) is 5.15 Å². The van der Waals surface area contributed by atoms with Gasteiger partial charge in [-0.2, -0.15) is 5.10 Å². The number of nitrogens with zero attached hydrogens (tertiary/aromatic N) is 2. The topological polar surface area (TPSA) is 90.3 Å². The van der Waals surface area contributed by atoms with Crippen molar-refractivity contribution in [2.24, 2.45) is 0 Å². The van der Waals surface area contributed by atoms with Crippen LogP contribution in [-0.2, 0) is 16.1 Å². The number of ether oxygens (including phenoxy) is 1. The number of anilines is 1. The van der Waals surface area contributed by atoms with Crippen molar-refractivity contribution in [2.45, 2.75) is 33.7 Å². The van der Waals surface area contributed by atoms with Gasteiger partial charge in [0.1, 0.15) is 10.7 Å². The summed E-state index contributed by atoms with van der Waals surface area (Å²) in [5.74, 6) is -1.19. The first-order valence-electron chi connectivity index (χ1n) is 10.2. The van der Waals surface area contributed by atoms with E-state index in [9.17, 15) is 14.4 Å². The number of rotatable bonds is 8. The van der Waals surface area contributed by atoms with E-state index in [0.29, 0.717) is 29.9 Å². The van der Waals surface area contributed by atoms with Crippen LogP contribution in [0.5, 0.6) is 0 Å². The maximum atomic E-state index is 12.6. The molecular weight excluding hydrogens is 430 g/mol. The number of aromatic nitrogens is 2. The maximum Gasteiger partial charge on any atom is 0.343 e. The van der Waals surface area contributed by atoms with Gasteiger partial charge in [0.05, 0.1) is 12.2 Å². The molecule has 2 aromatic carbocycles. The van der Waals surface area contributed by atoms with E-state index < -0.39 is 12.6 Å². The quantitative estimate of drug-likeness (QED) is 0.398. The van der Waals surface area contributed by atoms with Crippen molar-refractivity contribution >= 4 is 34.9 Å². The lowest BCUT2D eigenvalue weighted by molar-refractivity contribution is -0.115. The molecule has 0 spiro atoms. The van der Waals surface area contributed by atoms with Crippen LogP contribution in [0.1, 0.15) is 50.9 Å². The summed E-state index contributed by atoms with van der Waals surface area (Å²) >= 11 is 6.39. The van der Waals surface area contributed by atoms with Gasteiger partial charge in [-0.15, -0.1) is 0 Å². The molecule has 1 amide bonds. The van der Waals surface area contributed by atoms with Crippen molar-refractivity contribution in [1.29, 1.82) is 0 Å². The molecule has 0 atom stereocenters. The van der Waals surface area contributed by atoms with Crippen LogP contribution in [0, 0.1) is 13.8 Å². The van der Waals surface area contributed by atoms with E-state index in [4.69, 9.17) is 16.3 Å². The standard InChI is InChI=1S/C24H24ClN3O4/c1-4-21(30)26-19-11-9-18(10-12-19)20(29)14-32-24(31)22-16(3)27-28(23(22)25)13-17-7-5-15(2)6-8-17/h5-12H,4,13-14H2,1-3H3,(H,26,30). The van der Waals surface area contributed by atoms with Crippen LogP contribution < -0.4 is 5.32 Å². The average molecular weight is 454 g/mol. The van der Waals surface area contributed by atoms with Crippen molar-refractivity contribution in [1.82, 2.24) is 9.78 Å². The van der Waals surface area contributed by atoms with Crippen LogP contribution in [0.3, 0.4) is 0 Å². The Morgan fingerprint density at radius 3 is 2.31 bits per heavy atom. The number of amides is 1. The van der Waals surface area contributed by atoms with Crippen molar-refractivity contribution in [3.8, 4) is 0 Å². The molecule has 1 N–H and O–H groups in total. The lowest BCUT2D eigenvalue weighted by Crippen LogP contribution is -2.15. The lowest BCUT2D eigenvalue weighted by Gasteiger charge is -2.07. The van der Waals surface area contributed by atoms with E-state index in [1.807, 2.05) is 31.2 Å². The molecule has 0 aliphatic carbocycles. The number of halogens is 1. The Kier molecular flexibility index (Phi) is 7.43. The number of aryl methyl sites for hydroxylation is 2. The number of nitrogens with one attached hydrogen (secondary N) is 1. The minimum absolute atomic E-state index is 0.117. The first-order valence-corrected chi connectivity index (χ1v) is 10.5. The highest BCUT2D eigenvalue weighted by molar-refractivity contribution is 6.32. The van der Waals surface area contributed by atoms with Crippen molar-refractivity contribution in [3.63, 3.8) is 0 Å². The number of ketones is 1. The smallest absolute Gasteiger partial charge is 0.343 e. The number of carbonyl (C=O) groups excluding carboxylic acids is 3. The molecule has 0 aliphatic rings. The van der Waals surface area contributed by atoms with Crippen LogP contribution in [0.15, 0.2) is 48.5 Å². The predicted molar refractivity (Wildman–Crippen MR) is 122 cm³/mol. The number of hydrogen-bond donors (Lipinski definition) is 1. The van der Waals surface area contributed by atoms with Gasteiger partial charge in [0.25, 0.3) is 0 Å². The molecule has 7 nitrogen and oxygen atoms in total. The third-order valence-electron chi connectivity index (χ3n) is 4.87. The Morgan fingerprint density at radius 1 is 1.03 bits per heavy atom. The summed E-state index contributed by atoms with van der Waals surface area (Å²) in [6.45, 7) is 5.40. The molecule has 0 unspecified atom stereocenters. The fourth-order valence-corrected chi connectivity index (χ4v) is 3.34. The van der Waals surface area contributed by atoms with E-state index in [0.717, 1.165) is 11.1 Å². The van der Waals surface area contributed by atoms with E-state index in [-0.39, 0.29) is 22.4 Å². The Balaban J connectivity index is 1.63. The molecule has 1 heterocycles. The zero-order valence-electron chi connectivity index (χ0n) is 18.1. The Bertz CT molecular complexity index is 1140. The van der Waals surface area contributed by atoms with Gasteiger partial charge >= 0.3 is 5.97 Å². The monoisotopic (exact) mass is 453 g/mol. The van der Waals surface area contributed by atoms with Gasteiger partial charge in [0, 0.05) is 17.7 Å². The minimum Gasteiger partial charge on any atom is -0.454 e. The van der Waals surface area contributed by atoms with Gasteiger partial charge in [-0.3, -0.25) is 9.59 Å². The summed E-state index contributed by atoms with van der Waals surface area (Å²) in [6, 6.07) is 14.3. The van der Waals surface area contributed by atoms with Crippen LogP contribution in [0.25, 0.3) is 0 Å². The maximum absolute atomic E-state index is 12.6. The summed E-state index contributed by atoms with van der Waals surface area (Å²) in [5.41, 5.74) is 3.67. The van der Waals surface area contributed by atoms with Crippen molar-refractivity contribution in [2.75, 3.05) is 11.9 Å².